The fourth-order valence-corrected chi connectivity index (χ4v) is 2.71. The molecule has 4 heteroatoms. The van der Waals surface area contributed by atoms with Crippen LogP contribution in [0, 0.1) is 11.2 Å². The van der Waals surface area contributed by atoms with Crippen molar-refractivity contribution in [3.8, 4) is 5.75 Å². The van der Waals surface area contributed by atoms with Crippen LogP contribution in [-0.2, 0) is 0 Å². The molecule has 1 aliphatic rings. The Hall–Kier alpha value is -0.610. The molecule has 0 amide bonds. The van der Waals surface area contributed by atoms with Crippen molar-refractivity contribution in [2.24, 2.45) is 5.41 Å². The average molecular weight is 330 g/mol. The van der Waals surface area contributed by atoms with Crippen LogP contribution in [0.25, 0.3) is 0 Å². The number of nitrogens with one attached hydrogen (secondary N) is 1. The summed E-state index contributed by atoms with van der Waals surface area (Å²) < 4.78 is 19.8. The molecule has 0 saturated heterocycles. The van der Waals surface area contributed by atoms with Gasteiger partial charge >= 0.3 is 0 Å². The minimum absolute atomic E-state index is 0.0821. The van der Waals surface area contributed by atoms with E-state index in [1.54, 1.807) is 12.1 Å². The summed E-state index contributed by atoms with van der Waals surface area (Å²) >= 11 is 3.15. The Balaban J connectivity index is 1.96. The van der Waals surface area contributed by atoms with Crippen molar-refractivity contribution in [1.82, 2.24) is 5.32 Å². The number of hydrogen-bond donors (Lipinski definition) is 1. The van der Waals surface area contributed by atoms with E-state index in [9.17, 15) is 4.39 Å². The van der Waals surface area contributed by atoms with Gasteiger partial charge in [-0.15, -0.1) is 0 Å². The predicted octanol–water partition coefficient (Wildman–Crippen LogP) is 4.13. The maximum Gasteiger partial charge on any atom is 0.141 e. The van der Waals surface area contributed by atoms with Gasteiger partial charge in [0.2, 0.25) is 0 Å². The smallest absolute Gasteiger partial charge is 0.141 e. The molecule has 1 aliphatic carbocycles. The molecule has 2 nitrogen and oxygen atoms in total. The van der Waals surface area contributed by atoms with Crippen LogP contribution in [-0.4, -0.2) is 18.7 Å². The van der Waals surface area contributed by atoms with Crippen LogP contribution in [0.1, 0.15) is 33.6 Å². The van der Waals surface area contributed by atoms with Gasteiger partial charge in [-0.1, -0.05) is 20.8 Å². The van der Waals surface area contributed by atoms with Crippen LogP contribution in [0.4, 0.5) is 4.39 Å². The van der Waals surface area contributed by atoms with E-state index in [4.69, 9.17) is 4.74 Å². The van der Waals surface area contributed by atoms with Crippen LogP contribution in [0.3, 0.4) is 0 Å². The Labute approximate surface area is 122 Å². The first kappa shape index (κ1) is 14.8. The lowest BCUT2D eigenvalue weighted by Crippen LogP contribution is -2.62. The second kappa shape index (κ2) is 5.80. The maximum atomic E-state index is 13.4. The quantitative estimate of drug-likeness (QED) is 0.876. The third-order valence-electron chi connectivity index (χ3n) is 3.99. The van der Waals surface area contributed by atoms with Gasteiger partial charge in [0.15, 0.2) is 0 Å². The fraction of sp³-hybridized carbons (Fsp3) is 0.600. The predicted molar refractivity (Wildman–Crippen MR) is 79.0 cm³/mol. The molecule has 1 saturated carbocycles. The maximum absolute atomic E-state index is 13.4. The molecule has 1 aromatic rings. The Morgan fingerprint density at radius 1 is 1.47 bits per heavy atom. The standard InChI is InChI=1S/C15H21BrFNO/c1-4-7-18-13-9-14(15(13,2)3)19-10-5-6-11(16)12(17)8-10/h5-6,8,13-14,18H,4,7,9H2,1-3H3. The molecule has 2 rings (SSSR count). The lowest BCUT2D eigenvalue weighted by Gasteiger charge is -2.51. The van der Waals surface area contributed by atoms with Crippen LogP contribution in [0.5, 0.6) is 5.75 Å². The van der Waals surface area contributed by atoms with Crippen molar-refractivity contribution in [3.63, 3.8) is 0 Å². The summed E-state index contributed by atoms with van der Waals surface area (Å²) in [6.45, 7) is 7.60. The average Bonchev–Trinajstić information content (AvgIpc) is 2.37. The van der Waals surface area contributed by atoms with Crippen molar-refractivity contribution in [1.29, 1.82) is 0 Å². The van der Waals surface area contributed by atoms with E-state index in [0.29, 0.717) is 16.3 Å². The zero-order valence-electron chi connectivity index (χ0n) is 11.7. The normalized spacial score (nSPS) is 24.9. The zero-order valence-corrected chi connectivity index (χ0v) is 13.3. The van der Waals surface area contributed by atoms with E-state index in [1.165, 1.54) is 6.07 Å². The molecule has 19 heavy (non-hydrogen) atoms. The largest absolute Gasteiger partial charge is 0.490 e. The third kappa shape index (κ3) is 3.11. The highest BCUT2D eigenvalue weighted by Crippen LogP contribution is 2.43. The molecule has 0 bridgehead atoms. The van der Waals surface area contributed by atoms with Gasteiger partial charge in [0.05, 0.1) is 4.47 Å². The molecular formula is C15H21BrFNO. The number of benzene rings is 1. The number of halogens is 2. The summed E-state index contributed by atoms with van der Waals surface area (Å²) in [5.41, 5.74) is 0.0821. The monoisotopic (exact) mass is 329 g/mol. The van der Waals surface area contributed by atoms with Crippen molar-refractivity contribution < 1.29 is 9.13 Å². The van der Waals surface area contributed by atoms with Crippen molar-refractivity contribution in [2.75, 3.05) is 6.54 Å². The SMILES string of the molecule is CCCNC1CC(Oc2ccc(Br)c(F)c2)C1(C)C. The summed E-state index contributed by atoms with van der Waals surface area (Å²) in [7, 11) is 0. The van der Waals surface area contributed by atoms with E-state index in [-0.39, 0.29) is 17.3 Å². The van der Waals surface area contributed by atoms with Gasteiger partial charge in [0.25, 0.3) is 0 Å². The van der Waals surface area contributed by atoms with E-state index >= 15 is 0 Å². The minimum atomic E-state index is -0.282. The molecule has 0 aliphatic heterocycles. The zero-order chi connectivity index (χ0) is 14.0. The fourth-order valence-electron chi connectivity index (χ4n) is 2.46. The van der Waals surface area contributed by atoms with Gasteiger partial charge in [-0.3, -0.25) is 0 Å². The second-order valence-corrected chi connectivity index (χ2v) is 6.60. The summed E-state index contributed by atoms with van der Waals surface area (Å²) in [5, 5.41) is 3.53. The van der Waals surface area contributed by atoms with Gasteiger partial charge in [0, 0.05) is 23.9 Å². The highest BCUT2D eigenvalue weighted by Gasteiger charge is 2.49. The molecule has 0 heterocycles. The first-order valence-electron chi connectivity index (χ1n) is 6.80. The first-order chi connectivity index (χ1) is 8.95. The van der Waals surface area contributed by atoms with Crippen molar-refractivity contribution in [3.05, 3.63) is 28.5 Å². The molecular weight excluding hydrogens is 309 g/mol. The number of hydrogen-bond acceptors (Lipinski definition) is 2. The van der Waals surface area contributed by atoms with E-state index in [2.05, 4.69) is 42.0 Å². The van der Waals surface area contributed by atoms with Gasteiger partial charge < -0.3 is 10.1 Å². The summed E-state index contributed by atoms with van der Waals surface area (Å²) in [6.07, 6.45) is 2.25. The topological polar surface area (TPSA) is 21.3 Å². The van der Waals surface area contributed by atoms with E-state index in [1.807, 2.05) is 0 Å². The van der Waals surface area contributed by atoms with Crippen LogP contribution < -0.4 is 10.1 Å². The lowest BCUT2D eigenvalue weighted by molar-refractivity contribution is -0.0547. The van der Waals surface area contributed by atoms with Gasteiger partial charge in [-0.2, -0.15) is 0 Å². The molecule has 1 N–H and O–H groups in total. The van der Waals surface area contributed by atoms with E-state index in [0.717, 1.165) is 19.4 Å². The first-order valence-corrected chi connectivity index (χ1v) is 7.59. The summed E-state index contributed by atoms with van der Waals surface area (Å²) in [4.78, 5) is 0. The lowest BCUT2D eigenvalue weighted by atomic mass is 9.64. The van der Waals surface area contributed by atoms with Crippen LogP contribution in [0.2, 0.25) is 0 Å². The van der Waals surface area contributed by atoms with Crippen molar-refractivity contribution >= 4 is 15.9 Å². The highest BCUT2D eigenvalue weighted by molar-refractivity contribution is 9.10. The van der Waals surface area contributed by atoms with Crippen LogP contribution in [0.15, 0.2) is 22.7 Å². The van der Waals surface area contributed by atoms with Crippen molar-refractivity contribution in [2.45, 2.75) is 45.8 Å². The molecule has 2 atom stereocenters. The molecule has 0 aromatic heterocycles. The van der Waals surface area contributed by atoms with Crippen LogP contribution >= 0.6 is 15.9 Å². The number of rotatable bonds is 5. The van der Waals surface area contributed by atoms with E-state index < -0.39 is 0 Å². The molecule has 2 unspecified atom stereocenters. The Kier molecular flexibility index (Phi) is 4.51. The molecule has 0 spiro atoms. The Morgan fingerprint density at radius 3 is 2.79 bits per heavy atom. The molecule has 1 aromatic carbocycles. The molecule has 1 fully saturated rings. The summed E-state index contributed by atoms with van der Waals surface area (Å²) in [5.74, 6) is 0.322. The molecule has 106 valence electrons. The number of ether oxygens (including phenoxy) is 1. The second-order valence-electron chi connectivity index (χ2n) is 5.75. The Morgan fingerprint density at radius 2 is 2.21 bits per heavy atom. The highest BCUT2D eigenvalue weighted by atomic mass is 79.9. The molecule has 0 radical (unpaired) electrons. The van der Waals surface area contributed by atoms with Gasteiger partial charge in [-0.25, -0.2) is 4.39 Å². The van der Waals surface area contributed by atoms with Gasteiger partial charge in [-0.05, 0) is 41.0 Å². The van der Waals surface area contributed by atoms with Gasteiger partial charge in [0.1, 0.15) is 17.7 Å². The third-order valence-corrected chi connectivity index (χ3v) is 4.63. The Bertz CT molecular complexity index is 450. The minimum Gasteiger partial charge on any atom is -0.490 e. The summed E-state index contributed by atoms with van der Waals surface area (Å²) in [6, 6.07) is 5.41.